The number of para-hydroxylation sites is 1. The number of rotatable bonds is 47. The predicted molar refractivity (Wildman–Crippen MR) is 412 cm³/mol. The monoisotopic (exact) mass is 1560 g/mol. The van der Waals surface area contributed by atoms with Crippen LogP contribution >= 0.6 is 37.9 Å². The molecule has 0 aliphatic carbocycles. The van der Waals surface area contributed by atoms with Gasteiger partial charge in [-0.05, 0) is 87.4 Å². The minimum atomic E-state index is -1.70. The van der Waals surface area contributed by atoms with Gasteiger partial charge >= 0.3 is 5.97 Å². The van der Waals surface area contributed by atoms with Crippen LogP contribution in [0.25, 0.3) is 10.9 Å². The third-order valence-corrected chi connectivity index (χ3v) is 18.6. The average molecular weight is 1560 g/mol. The molecule has 3 heterocycles. The number of thiol groups is 3. The second kappa shape index (κ2) is 45.5. The normalized spacial score (nSPS) is 15.6. The molecule has 4 aromatic rings. The van der Waals surface area contributed by atoms with Gasteiger partial charge in [0.1, 0.15) is 66.5 Å². The Balaban J connectivity index is 1.45. The van der Waals surface area contributed by atoms with E-state index in [4.69, 9.17) is 40.1 Å². The number of nitrogens with two attached hydrogens (primary N) is 7. The molecule has 27 N–H and O–H groups in total. The predicted octanol–water partition coefficient (Wildman–Crippen LogP) is -4.88. The van der Waals surface area contributed by atoms with Gasteiger partial charge in [0.2, 0.25) is 70.9 Å². The quantitative estimate of drug-likeness (QED) is 0.00853. The number of nitrogens with zero attached hydrogens (tertiary/aromatic N) is 4. The van der Waals surface area contributed by atoms with Gasteiger partial charge in [0, 0.05) is 91.6 Å². The number of nitrogens with one attached hydrogen (secondary N) is 12. The number of hydrogen-bond acceptors (Lipinski definition) is 21. The molecule has 0 spiro atoms. The maximum Gasteiger partial charge on any atom is 0.303 e. The molecular weight excluding hydrogens is 1460 g/mol. The lowest BCUT2D eigenvalue weighted by atomic mass is 10.0. The van der Waals surface area contributed by atoms with E-state index in [1.165, 1.54) is 17.4 Å². The molecule has 40 heteroatoms. The van der Waals surface area contributed by atoms with Gasteiger partial charge in [0.05, 0.1) is 12.4 Å². The highest BCUT2D eigenvalue weighted by Crippen LogP contribution is 2.23. The first kappa shape index (κ1) is 88.4. The summed E-state index contributed by atoms with van der Waals surface area (Å²) in [4.78, 5) is 202. The highest BCUT2D eigenvalue weighted by Gasteiger charge is 2.41. The van der Waals surface area contributed by atoms with Gasteiger partial charge in [-0.1, -0.05) is 68.8 Å². The summed E-state index contributed by atoms with van der Waals surface area (Å²) in [7, 11) is 0. The first-order valence-electron chi connectivity index (χ1n) is 35.3. The maximum absolute atomic E-state index is 15.1. The van der Waals surface area contributed by atoms with Crippen LogP contribution in [-0.4, -0.2) is 230 Å². The molecule has 0 bridgehead atoms. The Morgan fingerprint density at radius 3 is 1.54 bits per heavy atom. The SMILES string of the molecule is CC(C)[C@H](NC(=O)[C@@H]1CCCN1C(=O)[C@H](CCCN=C(N)N)NC(=O)[C@H](CS)NC(=O)[C@H](Cc1c[nH]c2ccccc12)NC(=O)[C@H](CCCN=C(N)N)NC(=O)[C@@H](Cc1ccccc1)NC(=O)[C@H](Cc1cnc[nH]1)NC(=O)[C@H](CCC(=O)O)NC(=O)[C@H](CS)NC(=O)[C@H](CS)NC(=O)[C@@H](N)CCCCN)C(N)=O. The molecule has 0 saturated carbocycles. The minimum Gasteiger partial charge on any atom is -0.481 e. The zero-order valence-electron chi connectivity index (χ0n) is 60.2. The number of imidazole rings is 1. The Morgan fingerprint density at radius 1 is 0.556 bits per heavy atom. The van der Waals surface area contributed by atoms with Crippen LogP contribution in [0.4, 0.5) is 0 Å². The Labute approximate surface area is 640 Å². The van der Waals surface area contributed by atoms with Crippen LogP contribution in [0.1, 0.15) is 101 Å². The van der Waals surface area contributed by atoms with E-state index in [1.54, 1.807) is 74.6 Å². The molecule has 0 radical (unpaired) electrons. The number of primary amides is 1. The molecule has 2 aromatic heterocycles. The van der Waals surface area contributed by atoms with Crippen molar-refractivity contribution in [3.8, 4) is 0 Å². The van der Waals surface area contributed by atoms with Gasteiger partial charge in [0.25, 0.3) is 0 Å². The number of hydrogen-bond donors (Lipinski definition) is 23. The lowest BCUT2D eigenvalue weighted by Crippen LogP contribution is -2.61. The third-order valence-electron chi connectivity index (χ3n) is 17.5. The first-order valence-corrected chi connectivity index (χ1v) is 37.2. The standard InChI is InChI=1S/C68H103N23O14S3/c1-36(2)54(55(71)94)90-65(104)52-20-12-26-91(52)66(105)45(19-11-25-78-68(74)75)83-63(102)51(34-108)88-60(99)47(28-38-30-79-42-17-7-6-15-40(38)42)85-57(96)43(18-10-24-77-67(72)73)81-59(98)46(27-37-13-4-3-5-14-37)84-61(100)48(29-39-31-76-35-80-39)86-58(97)44(21-22-53(92)93)82-62(101)50(33-107)89-64(103)49(32-106)87-56(95)41(70)16-8-9-23-69/h3-7,13-15,17,30-31,35-36,41,43-52,54,79,106-108H,8-12,16,18-29,32-34,69-70H2,1-2H3,(H2,71,94)(H,76,80)(H,81,98)(H,82,101)(H,83,102)(H,84,100)(H,85,96)(H,86,97)(H,87,95)(H,88,99)(H,89,103)(H,90,104)(H,92,93)(H4,72,73,77)(H4,74,75,78)/t41-,43-,44-,45-,46+,47-,48-,49-,50-,51-,52-,54-/m0/s1. The molecule has 1 saturated heterocycles. The van der Waals surface area contributed by atoms with E-state index < -0.39 is 162 Å². The molecule has 1 fully saturated rings. The number of aliphatic imine (C=N–C) groups is 2. The van der Waals surface area contributed by atoms with Crippen molar-refractivity contribution in [1.29, 1.82) is 0 Å². The molecule has 1 aliphatic rings. The summed E-state index contributed by atoms with van der Waals surface area (Å²) in [5.41, 5.74) is 41.6. The molecule has 12 amide bonds. The smallest absolute Gasteiger partial charge is 0.303 e. The molecule has 5 rings (SSSR count). The van der Waals surface area contributed by atoms with Crippen LogP contribution in [0.3, 0.4) is 0 Å². The number of carbonyl (C=O) groups excluding carboxylic acids is 12. The number of aromatic nitrogens is 3. The lowest BCUT2D eigenvalue weighted by molar-refractivity contribution is -0.142. The molecule has 12 atom stereocenters. The van der Waals surface area contributed by atoms with Crippen molar-refractivity contribution in [2.24, 2.45) is 56.0 Å². The molecule has 108 heavy (non-hydrogen) atoms. The van der Waals surface area contributed by atoms with Gasteiger partial charge < -0.3 is 113 Å². The number of unbranched alkanes of at least 4 members (excludes halogenated alkanes) is 1. The van der Waals surface area contributed by atoms with E-state index in [0.717, 1.165) is 0 Å². The van der Waals surface area contributed by atoms with E-state index in [-0.39, 0.29) is 118 Å². The molecule has 592 valence electrons. The molecule has 0 unspecified atom stereocenters. The van der Waals surface area contributed by atoms with Crippen LogP contribution in [0.2, 0.25) is 0 Å². The van der Waals surface area contributed by atoms with Crippen LogP contribution < -0.4 is 93.3 Å². The molecule has 2 aromatic carbocycles. The number of benzene rings is 2. The Kier molecular flexibility index (Phi) is 37.2. The fourth-order valence-electron chi connectivity index (χ4n) is 11.7. The van der Waals surface area contributed by atoms with E-state index in [9.17, 15) is 57.8 Å². The number of guanidine groups is 2. The van der Waals surface area contributed by atoms with Gasteiger partial charge in [-0.2, -0.15) is 37.9 Å². The van der Waals surface area contributed by atoms with Gasteiger partial charge in [-0.25, -0.2) is 4.98 Å². The number of carboxylic acid groups (broad SMARTS) is 1. The number of amides is 12. The van der Waals surface area contributed by atoms with Crippen LogP contribution in [0, 0.1) is 5.92 Å². The van der Waals surface area contributed by atoms with Gasteiger partial charge in [-0.3, -0.25) is 72.3 Å². The summed E-state index contributed by atoms with van der Waals surface area (Å²) >= 11 is 12.9. The summed E-state index contributed by atoms with van der Waals surface area (Å²) in [6.07, 6.45) is 4.19. The first-order chi connectivity index (χ1) is 51.5. The molecular formula is C68H103N23O14S3. The minimum absolute atomic E-state index is 0.0343. The second-order valence-corrected chi connectivity index (χ2v) is 27.3. The summed E-state index contributed by atoms with van der Waals surface area (Å²) < 4.78 is 0. The Hall–Kier alpha value is -10.2. The van der Waals surface area contributed by atoms with Crippen molar-refractivity contribution in [2.45, 2.75) is 176 Å². The average Bonchev–Trinajstić information content (AvgIpc) is 1.64. The van der Waals surface area contributed by atoms with E-state index in [1.807, 2.05) is 0 Å². The lowest BCUT2D eigenvalue weighted by Gasteiger charge is -2.31. The van der Waals surface area contributed by atoms with Crippen molar-refractivity contribution >= 4 is 138 Å². The third kappa shape index (κ3) is 28.8. The van der Waals surface area contributed by atoms with E-state index >= 15 is 9.59 Å². The van der Waals surface area contributed by atoms with Crippen LogP contribution in [0.15, 0.2) is 83.3 Å². The van der Waals surface area contributed by atoms with E-state index in [2.05, 4.69) is 116 Å². The largest absolute Gasteiger partial charge is 0.481 e. The molecule has 1 aliphatic heterocycles. The zero-order chi connectivity index (χ0) is 79.6. The fraction of sp³-hybridized carbons (Fsp3) is 0.529. The number of likely N-dealkylation sites (tertiary alicyclic amines) is 1. The zero-order valence-corrected chi connectivity index (χ0v) is 62.9. The van der Waals surface area contributed by atoms with E-state index in [0.29, 0.717) is 47.8 Å². The molecule has 37 nitrogen and oxygen atoms in total. The topological polar surface area (TPSA) is 617 Å². The highest BCUT2D eigenvalue weighted by atomic mass is 32.1. The van der Waals surface area contributed by atoms with Gasteiger partial charge in [-0.15, -0.1) is 0 Å². The number of carbonyl (C=O) groups is 13. The highest BCUT2D eigenvalue weighted by molar-refractivity contribution is 7.80. The van der Waals surface area contributed by atoms with Crippen molar-refractivity contribution in [1.82, 2.24) is 73.0 Å². The summed E-state index contributed by atoms with van der Waals surface area (Å²) in [6.45, 7) is 3.86. The van der Waals surface area contributed by atoms with Crippen molar-refractivity contribution in [3.63, 3.8) is 0 Å². The Morgan fingerprint density at radius 2 is 1.03 bits per heavy atom. The van der Waals surface area contributed by atoms with Crippen molar-refractivity contribution < 1.29 is 67.4 Å². The summed E-state index contributed by atoms with van der Waals surface area (Å²) in [5.74, 6) is -13.6. The second-order valence-electron chi connectivity index (χ2n) is 26.2. The fourth-order valence-corrected chi connectivity index (χ4v) is 12.5. The van der Waals surface area contributed by atoms with Crippen LogP contribution in [-0.2, 0) is 81.6 Å². The number of H-pyrrole nitrogens is 2. The number of fused-ring (bicyclic) bond motifs is 1. The maximum atomic E-state index is 15.1. The summed E-state index contributed by atoms with van der Waals surface area (Å²) in [6, 6.07) is -1.25. The summed E-state index contributed by atoms with van der Waals surface area (Å²) in [5, 5.41) is 36.6. The van der Waals surface area contributed by atoms with Crippen molar-refractivity contribution in [2.75, 3.05) is 43.4 Å². The van der Waals surface area contributed by atoms with Crippen LogP contribution in [0.5, 0.6) is 0 Å². The van der Waals surface area contributed by atoms with Gasteiger partial charge in [0.15, 0.2) is 11.9 Å². The Bertz CT molecular complexity index is 3750. The van der Waals surface area contributed by atoms with Crippen molar-refractivity contribution in [3.05, 3.63) is 90.1 Å². The number of aliphatic carboxylic acids is 1. The number of carboxylic acids is 1. The number of aromatic amines is 2.